The fraction of sp³-hybridized carbons (Fsp3) is 0.533. The number of hydrogen-bond donors (Lipinski definition) is 0. The van der Waals surface area contributed by atoms with Gasteiger partial charge in [0.15, 0.2) is 0 Å². The minimum Gasteiger partial charge on any atom is -0.492 e. The Bertz CT molecular complexity index is 489. The summed E-state index contributed by atoms with van der Waals surface area (Å²) in [6.45, 7) is 5.38. The Kier molecular flexibility index (Phi) is 4.69. The molecule has 1 fully saturated rings. The van der Waals surface area contributed by atoms with Crippen LogP contribution in [0.5, 0.6) is 5.75 Å². The molecule has 2 rings (SSSR count). The van der Waals surface area contributed by atoms with Crippen LogP contribution >= 0.6 is 22.6 Å². The van der Waals surface area contributed by atoms with Crippen molar-refractivity contribution in [3.05, 3.63) is 29.3 Å². The zero-order valence-corrected chi connectivity index (χ0v) is 13.4. The van der Waals surface area contributed by atoms with E-state index in [1.165, 1.54) is 0 Å². The molecule has 0 bridgehead atoms. The molecule has 1 unspecified atom stereocenters. The van der Waals surface area contributed by atoms with E-state index in [-0.39, 0.29) is 9.53 Å². The molecule has 1 aromatic carbocycles. The molecule has 0 N–H and O–H groups in total. The highest BCUT2D eigenvalue weighted by atomic mass is 127. The highest BCUT2D eigenvalue weighted by molar-refractivity contribution is 14.1. The van der Waals surface area contributed by atoms with E-state index in [0.29, 0.717) is 17.9 Å². The summed E-state index contributed by atoms with van der Waals surface area (Å²) in [4.78, 5) is 0. The van der Waals surface area contributed by atoms with Gasteiger partial charge in [-0.25, -0.2) is 0 Å². The Labute approximate surface area is 128 Å². The van der Waals surface area contributed by atoms with Gasteiger partial charge >= 0.3 is 0 Å². The predicted molar refractivity (Wildman–Crippen MR) is 82.5 cm³/mol. The zero-order chi connectivity index (χ0) is 13.9. The van der Waals surface area contributed by atoms with E-state index in [0.717, 1.165) is 25.0 Å². The van der Waals surface area contributed by atoms with Crippen molar-refractivity contribution in [2.45, 2.75) is 30.8 Å². The summed E-state index contributed by atoms with van der Waals surface area (Å²) in [6, 6.07) is 7.90. The molecule has 1 saturated carbocycles. The molecule has 0 aliphatic heterocycles. The number of benzene rings is 1. The summed E-state index contributed by atoms with van der Waals surface area (Å²) in [5, 5.41) is 9.11. The van der Waals surface area contributed by atoms with Gasteiger partial charge in [0, 0.05) is 5.41 Å². The molecule has 0 amide bonds. The van der Waals surface area contributed by atoms with Gasteiger partial charge in [-0.3, -0.25) is 0 Å². The van der Waals surface area contributed by atoms with Crippen molar-refractivity contribution < 1.29 is 9.47 Å². The largest absolute Gasteiger partial charge is 0.492 e. The van der Waals surface area contributed by atoms with Crippen LogP contribution in [0.15, 0.2) is 18.2 Å². The highest BCUT2D eigenvalue weighted by Gasteiger charge is 2.44. The lowest BCUT2D eigenvalue weighted by Gasteiger charge is -2.18. The lowest BCUT2D eigenvalue weighted by atomic mass is 10.1. The first kappa shape index (κ1) is 14.6. The van der Waals surface area contributed by atoms with Gasteiger partial charge in [-0.2, -0.15) is 5.26 Å². The van der Waals surface area contributed by atoms with Crippen LogP contribution in [0, 0.1) is 23.7 Å². The first-order valence-electron chi connectivity index (χ1n) is 6.44. The standard InChI is InChI=1S/C15H18INO2/c1-11-3-4-14(13(7-11)8-17)19-10-15(5-6-15)9-18-12(2)16/h3-4,7,12H,5-6,9-10H2,1-2H3. The molecule has 3 nitrogen and oxygen atoms in total. The highest BCUT2D eigenvalue weighted by Crippen LogP contribution is 2.46. The van der Waals surface area contributed by atoms with Crippen molar-refractivity contribution in [1.82, 2.24) is 0 Å². The van der Waals surface area contributed by atoms with E-state index >= 15 is 0 Å². The topological polar surface area (TPSA) is 42.2 Å². The van der Waals surface area contributed by atoms with E-state index in [1.807, 2.05) is 32.0 Å². The number of hydrogen-bond acceptors (Lipinski definition) is 3. The quantitative estimate of drug-likeness (QED) is 0.564. The second-order valence-electron chi connectivity index (χ2n) is 5.25. The lowest BCUT2D eigenvalue weighted by molar-refractivity contribution is 0.0663. The van der Waals surface area contributed by atoms with Crippen molar-refractivity contribution in [1.29, 1.82) is 5.26 Å². The molecule has 1 aliphatic rings. The van der Waals surface area contributed by atoms with Gasteiger partial charge in [0.2, 0.25) is 0 Å². The maximum absolute atomic E-state index is 9.11. The maximum atomic E-state index is 9.11. The normalized spacial score (nSPS) is 17.6. The number of nitrogens with zero attached hydrogens (tertiary/aromatic N) is 1. The van der Waals surface area contributed by atoms with Crippen molar-refractivity contribution in [3.8, 4) is 11.8 Å². The number of ether oxygens (including phenoxy) is 2. The molecule has 19 heavy (non-hydrogen) atoms. The summed E-state index contributed by atoms with van der Waals surface area (Å²) in [5.74, 6) is 0.682. The molecule has 0 heterocycles. The molecule has 4 heteroatoms. The Morgan fingerprint density at radius 3 is 2.74 bits per heavy atom. The van der Waals surface area contributed by atoms with Crippen LogP contribution in [0.4, 0.5) is 0 Å². The number of nitriles is 1. The van der Waals surface area contributed by atoms with Crippen LogP contribution in [0.25, 0.3) is 0 Å². The fourth-order valence-electron chi connectivity index (χ4n) is 1.89. The number of alkyl halides is 1. The van der Waals surface area contributed by atoms with Gasteiger partial charge in [0.1, 0.15) is 15.9 Å². The number of rotatable bonds is 6. The summed E-state index contributed by atoms with van der Waals surface area (Å²) in [5.41, 5.74) is 1.85. The molecule has 0 radical (unpaired) electrons. The van der Waals surface area contributed by atoms with Crippen molar-refractivity contribution in [2.24, 2.45) is 5.41 Å². The fourth-order valence-corrected chi connectivity index (χ4v) is 2.07. The predicted octanol–water partition coefficient (Wildman–Crippen LogP) is 3.82. The second kappa shape index (κ2) is 6.10. The van der Waals surface area contributed by atoms with Gasteiger partial charge < -0.3 is 9.47 Å². The SMILES string of the molecule is Cc1ccc(OCC2(COC(C)I)CC2)c(C#N)c1. The third-order valence-corrected chi connectivity index (χ3v) is 3.73. The first-order chi connectivity index (χ1) is 9.04. The van der Waals surface area contributed by atoms with Gasteiger partial charge in [0.25, 0.3) is 0 Å². The minimum absolute atomic E-state index is 0.164. The Balaban J connectivity index is 1.94. The van der Waals surface area contributed by atoms with Crippen LogP contribution < -0.4 is 4.74 Å². The van der Waals surface area contributed by atoms with Gasteiger partial charge in [-0.1, -0.05) is 28.7 Å². The third-order valence-electron chi connectivity index (χ3n) is 3.37. The van der Waals surface area contributed by atoms with Crippen LogP contribution in [0.2, 0.25) is 0 Å². The summed E-state index contributed by atoms with van der Waals surface area (Å²) < 4.78 is 11.7. The Hall–Kier alpha value is -0.800. The van der Waals surface area contributed by atoms with Crippen LogP contribution in [-0.4, -0.2) is 17.3 Å². The molecular weight excluding hydrogens is 353 g/mol. The molecule has 1 aromatic rings. The van der Waals surface area contributed by atoms with Gasteiger partial charge in [0.05, 0.1) is 18.8 Å². The van der Waals surface area contributed by atoms with Crippen LogP contribution in [0.3, 0.4) is 0 Å². The molecular formula is C15H18INO2. The monoisotopic (exact) mass is 371 g/mol. The van der Waals surface area contributed by atoms with E-state index in [2.05, 4.69) is 28.7 Å². The summed E-state index contributed by atoms with van der Waals surface area (Å²) >= 11 is 2.26. The van der Waals surface area contributed by atoms with Crippen LogP contribution in [0.1, 0.15) is 30.9 Å². The van der Waals surface area contributed by atoms with E-state index in [4.69, 9.17) is 14.7 Å². The number of aryl methyl sites for hydroxylation is 1. The molecule has 102 valence electrons. The maximum Gasteiger partial charge on any atom is 0.137 e. The first-order valence-corrected chi connectivity index (χ1v) is 7.68. The zero-order valence-electron chi connectivity index (χ0n) is 11.3. The third kappa shape index (κ3) is 4.08. The number of halogens is 1. The summed E-state index contributed by atoms with van der Waals surface area (Å²) in [7, 11) is 0. The minimum atomic E-state index is 0.164. The summed E-state index contributed by atoms with van der Waals surface area (Å²) in [6.07, 6.45) is 2.29. The molecule has 0 spiro atoms. The average molecular weight is 371 g/mol. The molecule has 1 aliphatic carbocycles. The second-order valence-corrected chi connectivity index (χ2v) is 7.01. The Morgan fingerprint density at radius 2 is 2.16 bits per heavy atom. The smallest absolute Gasteiger partial charge is 0.137 e. The molecule has 0 aromatic heterocycles. The average Bonchev–Trinajstić information content (AvgIpc) is 3.15. The lowest BCUT2D eigenvalue weighted by Crippen LogP contribution is -2.21. The van der Waals surface area contributed by atoms with E-state index in [1.54, 1.807) is 0 Å². The van der Waals surface area contributed by atoms with E-state index < -0.39 is 0 Å². The van der Waals surface area contributed by atoms with Crippen molar-refractivity contribution in [3.63, 3.8) is 0 Å². The van der Waals surface area contributed by atoms with Gasteiger partial charge in [-0.15, -0.1) is 0 Å². The van der Waals surface area contributed by atoms with E-state index in [9.17, 15) is 0 Å². The van der Waals surface area contributed by atoms with Crippen molar-refractivity contribution in [2.75, 3.05) is 13.2 Å². The Morgan fingerprint density at radius 1 is 1.42 bits per heavy atom. The molecule has 0 saturated heterocycles. The molecule has 1 atom stereocenters. The van der Waals surface area contributed by atoms with Crippen molar-refractivity contribution >= 4 is 22.6 Å². The van der Waals surface area contributed by atoms with Crippen LogP contribution in [-0.2, 0) is 4.74 Å². The van der Waals surface area contributed by atoms with Gasteiger partial charge in [-0.05, 0) is 44.4 Å².